The molecule has 0 saturated carbocycles. The van der Waals surface area contributed by atoms with E-state index in [0.29, 0.717) is 6.04 Å². The van der Waals surface area contributed by atoms with Crippen molar-refractivity contribution in [2.45, 2.75) is 32.4 Å². The largest absolute Gasteiger partial charge is 0.302 e. The lowest BCUT2D eigenvalue weighted by molar-refractivity contribution is 0.206. The Morgan fingerprint density at radius 1 is 1.09 bits per heavy atom. The molecule has 3 rings (SSSR count). The molecular formula is C19H28N4. The molecule has 0 aliphatic carbocycles. The molecular weight excluding hydrogens is 284 g/mol. The van der Waals surface area contributed by atoms with Crippen LogP contribution in [0.5, 0.6) is 0 Å². The van der Waals surface area contributed by atoms with Crippen LogP contribution in [0.3, 0.4) is 0 Å². The van der Waals surface area contributed by atoms with Crippen molar-refractivity contribution >= 4 is 0 Å². The minimum atomic E-state index is 0.650. The average Bonchev–Trinajstić information content (AvgIpc) is 2.90. The fourth-order valence-electron chi connectivity index (χ4n) is 3.35. The molecule has 2 heterocycles. The van der Waals surface area contributed by atoms with Crippen LogP contribution < -0.4 is 0 Å². The van der Waals surface area contributed by atoms with E-state index in [1.165, 1.54) is 24.2 Å². The summed E-state index contributed by atoms with van der Waals surface area (Å²) in [5, 5.41) is 4.26. The van der Waals surface area contributed by atoms with Crippen molar-refractivity contribution in [1.29, 1.82) is 0 Å². The fraction of sp³-hybridized carbons (Fsp3) is 0.526. The molecule has 0 bridgehead atoms. The second-order valence-electron chi connectivity index (χ2n) is 6.63. The number of benzene rings is 1. The van der Waals surface area contributed by atoms with Crippen LogP contribution in [0.25, 0.3) is 0 Å². The molecule has 1 aromatic carbocycles. The molecule has 4 heteroatoms. The standard InChI is InChI=1S/C19H28N4/c1-17-9-12-22(13-10-19-8-11-20-21(19)2)14-15-23(17)16-18-6-4-3-5-7-18/h3-8,11,17H,9-10,12-16H2,1-2H3. The Labute approximate surface area is 139 Å². The second-order valence-corrected chi connectivity index (χ2v) is 6.63. The summed E-state index contributed by atoms with van der Waals surface area (Å²) in [6.07, 6.45) is 4.23. The van der Waals surface area contributed by atoms with Gasteiger partial charge in [0.2, 0.25) is 0 Å². The van der Waals surface area contributed by atoms with Gasteiger partial charge in [0.05, 0.1) is 0 Å². The summed E-state index contributed by atoms with van der Waals surface area (Å²) in [6, 6.07) is 13.6. The molecule has 124 valence electrons. The maximum absolute atomic E-state index is 4.26. The van der Waals surface area contributed by atoms with Gasteiger partial charge in [-0.15, -0.1) is 0 Å². The van der Waals surface area contributed by atoms with Crippen molar-refractivity contribution in [3.05, 3.63) is 53.9 Å². The highest BCUT2D eigenvalue weighted by atomic mass is 15.3. The highest BCUT2D eigenvalue weighted by Gasteiger charge is 2.20. The van der Waals surface area contributed by atoms with Gasteiger partial charge >= 0.3 is 0 Å². The van der Waals surface area contributed by atoms with E-state index in [1.54, 1.807) is 0 Å². The molecule has 4 nitrogen and oxygen atoms in total. The monoisotopic (exact) mass is 312 g/mol. The van der Waals surface area contributed by atoms with E-state index in [1.807, 2.05) is 17.9 Å². The lowest BCUT2D eigenvalue weighted by atomic mass is 10.1. The van der Waals surface area contributed by atoms with Crippen molar-refractivity contribution in [3.8, 4) is 0 Å². The molecule has 0 amide bonds. The minimum absolute atomic E-state index is 0.650. The van der Waals surface area contributed by atoms with Gasteiger partial charge in [0.1, 0.15) is 0 Å². The third-order valence-electron chi connectivity index (χ3n) is 5.03. The van der Waals surface area contributed by atoms with Gasteiger partial charge in [-0.1, -0.05) is 30.3 Å². The number of rotatable bonds is 5. The average molecular weight is 312 g/mol. The first-order valence-electron chi connectivity index (χ1n) is 8.69. The quantitative estimate of drug-likeness (QED) is 0.848. The van der Waals surface area contributed by atoms with Gasteiger partial charge in [0, 0.05) is 57.6 Å². The second kappa shape index (κ2) is 7.75. The zero-order valence-electron chi connectivity index (χ0n) is 14.4. The van der Waals surface area contributed by atoms with Crippen molar-refractivity contribution < 1.29 is 0 Å². The van der Waals surface area contributed by atoms with E-state index in [-0.39, 0.29) is 0 Å². The van der Waals surface area contributed by atoms with E-state index in [4.69, 9.17) is 0 Å². The molecule has 0 spiro atoms. The molecule has 1 unspecified atom stereocenters. The Hall–Kier alpha value is -1.65. The molecule has 0 N–H and O–H groups in total. The van der Waals surface area contributed by atoms with E-state index >= 15 is 0 Å². The molecule has 23 heavy (non-hydrogen) atoms. The highest BCUT2D eigenvalue weighted by Crippen LogP contribution is 2.15. The zero-order chi connectivity index (χ0) is 16.1. The zero-order valence-corrected chi connectivity index (χ0v) is 14.4. The van der Waals surface area contributed by atoms with Crippen LogP contribution in [-0.2, 0) is 20.0 Å². The van der Waals surface area contributed by atoms with E-state index < -0.39 is 0 Å². The Balaban J connectivity index is 1.52. The summed E-state index contributed by atoms with van der Waals surface area (Å²) in [5.41, 5.74) is 2.74. The van der Waals surface area contributed by atoms with Crippen LogP contribution >= 0.6 is 0 Å². The first kappa shape index (κ1) is 16.2. The maximum atomic E-state index is 4.26. The van der Waals surface area contributed by atoms with Crippen LogP contribution in [0.4, 0.5) is 0 Å². The lowest BCUT2D eigenvalue weighted by Crippen LogP contribution is -2.34. The van der Waals surface area contributed by atoms with Crippen molar-refractivity contribution in [1.82, 2.24) is 19.6 Å². The molecule has 2 aromatic rings. The summed E-state index contributed by atoms with van der Waals surface area (Å²) in [6.45, 7) is 8.08. The molecule has 0 radical (unpaired) electrons. The van der Waals surface area contributed by atoms with Gasteiger partial charge in [0.25, 0.3) is 0 Å². The number of aryl methyl sites for hydroxylation is 1. The highest BCUT2D eigenvalue weighted by molar-refractivity contribution is 5.14. The fourth-order valence-corrected chi connectivity index (χ4v) is 3.35. The van der Waals surface area contributed by atoms with Gasteiger partial charge < -0.3 is 4.90 Å². The molecule has 1 aromatic heterocycles. The molecule has 1 aliphatic rings. The first-order chi connectivity index (χ1) is 11.2. The predicted molar refractivity (Wildman–Crippen MR) is 94.3 cm³/mol. The normalized spacial score (nSPS) is 20.5. The topological polar surface area (TPSA) is 24.3 Å². The number of hydrogen-bond donors (Lipinski definition) is 0. The Morgan fingerprint density at radius 2 is 1.91 bits per heavy atom. The number of hydrogen-bond acceptors (Lipinski definition) is 3. The summed E-state index contributed by atoms with van der Waals surface area (Å²) >= 11 is 0. The summed E-state index contributed by atoms with van der Waals surface area (Å²) in [4.78, 5) is 5.23. The van der Waals surface area contributed by atoms with Gasteiger partial charge in [-0.2, -0.15) is 5.10 Å². The van der Waals surface area contributed by atoms with Crippen LogP contribution in [0.15, 0.2) is 42.6 Å². The summed E-state index contributed by atoms with van der Waals surface area (Å²) in [7, 11) is 2.03. The smallest absolute Gasteiger partial charge is 0.0492 e. The van der Waals surface area contributed by atoms with Crippen molar-refractivity contribution in [3.63, 3.8) is 0 Å². The summed E-state index contributed by atoms with van der Waals surface area (Å²) in [5.74, 6) is 0. The summed E-state index contributed by atoms with van der Waals surface area (Å²) < 4.78 is 1.99. The van der Waals surface area contributed by atoms with Gasteiger partial charge in [-0.05, 0) is 31.5 Å². The van der Waals surface area contributed by atoms with E-state index in [2.05, 4.69) is 58.2 Å². The Morgan fingerprint density at radius 3 is 2.65 bits per heavy atom. The van der Waals surface area contributed by atoms with E-state index in [9.17, 15) is 0 Å². The molecule has 1 fully saturated rings. The lowest BCUT2D eigenvalue weighted by Gasteiger charge is -2.26. The van der Waals surface area contributed by atoms with Crippen LogP contribution in [-0.4, -0.2) is 51.8 Å². The molecule has 1 aliphatic heterocycles. The Bertz CT molecular complexity index is 592. The SMILES string of the molecule is CC1CCN(CCc2ccnn2C)CCN1Cc1ccccc1. The van der Waals surface area contributed by atoms with E-state index in [0.717, 1.165) is 32.6 Å². The van der Waals surface area contributed by atoms with Crippen LogP contribution in [0.1, 0.15) is 24.6 Å². The third-order valence-corrected chi connectivity index (χ3v) is 5.03. The molecule has 1 saturated heterocycles. The third kappa shape index (κ3) is 4.43. The number of aromatic nitrogens is 2. The maximum Gasteiger partial charge on any atom is 0.0492 e. The van der Waals surface area contributed by atoms with Gasteiger partial charge in [0.15, 0.2) is 0 Å². The van der Waals surface area contributed by atoms with Crippen LogP contribution in [0, 0.1) is 0 Å². The van der Waals surface area contributed by atoms with Crippen molar-refractivity contribution in [2.24, 2.45) is 7.05 Å². The van der Waals surface area contributed by atoms with Gasteiger partial charge in [-0.25, -0.2) is 0 Å². The Kier molecular flexibility index (Phi) is 5.47. The molecule has 1 atom stereocenters. The number of nitrogens with zero attached hydrogens (tertiary/aromatic N) is 4. The van der Waals surface area contributed by atoms with Crippen LogP contribution in [0.2, 0.25) is 0 Å². The predicted octanol–water partition coefficient (Wildman–Crippen LogP) is 2.56. The van der Waals surface area contributed by atoms with Gasteiger partial charge in [-0.3, -0.25) is 9.58 Å². The minimum Gasteiger partial charge on any atom is -0.302 e. The first-order valence-corrected chi connectivity index (χ1v) is 8.69. The van der Waals surface area contributed by atoms with Crippen molar-refractivity contribution in [2.75, 3.05) is 26.2 Å².